The van der Waals surface area contributed by atoms with E-state index >= 15 is 0 Å². The predicted octanol–water partition coefficient (Wildman–Crippen LogP) is 3.21. The number of hydrogen-bond donors (Lipinski definition) is 7. The second kappa shape index (κ2) is 22.6. The zero-order valence-corrected chi connectivity index (χ0v) is 33.6. The number of likely N-dealkylation sites (N-methyl/N-ethyl adjacent to an activating group) is 3. The zero-order valence-electron chi connectivity index (χ0n) is 33.6. The molecule has 0 aliphatic carbocycles. The van der Waals surface area contributed by atoms with Gasteiger partial charge in [0, 0.05) is 33.0 Å². The summed E-state index contributed by atoms with van der Waals surface area (Å²) in [5.74, 6) is -4.79. The summed E-state index contributed by atoms with van der Waals surface area (Å²) in [4.78, 5) is 70.6. The number of amides is 4. The lowest BCUT2D eigenvalue weighted by atomic mass is 9.95. The summed E-state index contributed by atoms with van der Waals surface area (Å²) in [7, 11) is 4.54. The van der Waals surface area contributed by atoms with Crippen molar-refractivity contribution in [3.05, 3.63) is 59.7 Å². The first kappa shape index (κ1) is 46.5. The van der Waals surface area contributed by atoms with Crippen LogP contribution in [0.3, 0.4) is 0 Å². The monoisotopic (exact) mass is 769 g/mol. The molecule has 1 unspecified atom stereocenters. The van der Waals surface area contributed by atoms with E-state index in [1.165, 1.54) is 48.2 Å². The van der Waals surface area contributed by atoms with Crippen LogP contribution in [0, 0.1) is 11.8 Å². The molecule has 0 aromatic heterocycles. The Hall–Kier alpha value is -4.69. The number of nitrogens with one attached hydrogen (secondary N) is 3. The molecule has 14 heteroatoms. The Kier molecular flexibility index (Phi) is 19.1. The van der Waals surface area contributed by atoms with Gasteiger partial charge in [-0.3, -0.25) is 19.2 Å². The number of phenolic OH excluding ortho intramolecular Hbond substituents is 2. The van der Waals surface area contributed by atoms with Crippen LogP contribution in [0.15, 0.2) is 48.5 Å². The van der Waals surface area contributed by atoms with Gasteiger partial charge in [-0.05, 0) is 60.7 Å². The average Bonchev–Trinajstić information content (AvgIpc) is 3.14. The molecule has 7 N–H and O–H groups in total. The molecule has 2 aromatic rings. The molecule has 0 aliphatic rings. The average molecular weight is 770 g/mol. The van der Waals surface area contributed by atoms with Crippen molar-refractivity contribution in [2.45, 2.75) is 122 Å². The molecule has 55 heavy (non-hydrogen) atoms. The van der Waals surface area contributed by atoms with Gasteiger partial charge in [-0.25, -0.2) is 4.79 Å². The molecule has 0 heterocycles. The number of benzene rings is 2. The van der Waals surface area contributed by atoms with Gasteiger partial charge >= 0.3 is 5.97 Å². The molecular formula is C41H63N5O9. The Bertz CT molecular complexity index is 1530. The second-order valence-corrected chi connectivity index (χ2v) is 15.0. The lowest BCUT2D eigenvalue weighted by Crippen LogP contribution is -2.61. The molecule has 6 atom stereocenters. The fraction of sp³-hybridized carbons (Fsp3) is 0.585. The molecule has 4 amide bonds. The molecule has 0 saturated carbocycles. The lowest BCUT2D eigenvalue weighted by Gasteiger charge is -2.38. The van der Waals surface area contributed by atoms with Crippen LogP contribution in [-0.4, -0.2) is 117 Å². The number of carboxylic acid groups (broad SMARTS) is 1. The molecule has 0 fully saturated rings. The molecule has 0 radical (unpaired) electrons. The highest BCUT2D eigenvalue weighted by atomic mass is 16.4. The normalized spacial score (nSPS) is 14.7. The Morgan fingerprint density at radius 1 is 0.691 bits per heavy atom. The second-order valence-electron chi connectivity index (χ2n) is 15.0. The number of carboxylic acids is 1. The highest BCUT2D eigenvalue weighted by Crippen LogP contribution is 2.21. The Labute approximate surface area is 325 Å². The number of phenols is 2. The van der Waals surface area contributed by atoms with E-state index in [1.807, 2.05) is 0 Å². The van der Waals surface area contributed by atoms with Crippen molar-refractivity contribution in [1.29, 1.82) is 0 Å². The smallest absolute Gasteiger partial charge is 0.326 e. The third kappa shape index (κ3) is 14.2. The van der Waals surface area contributed by atoms with Gasteiger partial charge in [0.05, 0.1) is 0 Å². The van der Waals surface area contributed by atoms with Crippen molar-refractivity contribution in [3.8, 4) is 11.5 Å². The van der Waals surface area contributed by atoms with E-state index in [-0.39, 0.29) is 24.3 Å². The summed E-state index contributed by atoms with van der Waals surface area (Å²) in [6, 6.07) is 6.65. The maximum Gasteiger partial charge on any atom is 0.326 e. The fourth-order valence-electron chi connectivity index (χ4n) is 6.58. The van der Waals surface area contributed by atoms with Gasteiger partial charge in [-0.1, -0.05) is 91.0 Å². The number of aromatic hydroxyl groups is 2. The third-order valence-electron chi connectivity index (χ3n) is 9.99. The van der Waals surface area contributed by atoms with Crippen molar-refractivity contribution in [3.63, 3.8) is 0 Å². The summed E-state index contributed by atoms with van der Waals surface area (Å²) < 4.78 is 0. The van der Waals surface area contributed by atoms with Crippen molar-refractivity contribution >= 4 is 29.6 Å². The van der Waals surface area contributed by atoms with Gasteiger partial charge in [0.2, 0.25) is 17.7 Å². The van der Waals surface area contributed by atoms with E-state index < -0.39 is 77.7 Å². The number of rotatable bonds is 23. The predicted molar refractivity (Wildman–Crippen MR) is 210 cm³/mol. The first-order valence-corrected chi connectivity index (χ1v) is 19.2. The number of carbonyl (C=O) groups is 5. The number of aliphatic carboxylic acids is 1. The standard InChI is InChI=1S/C41H63N5O9/c1-9-10-11-12-13-14-31(42-6)36(49)38(51)44-34(25(2)3)39(52)46(8)35(26(4)5)40(53)45(7)33(24-28-17-21-30(48)22-18-28)37(50)43-32(41(54)55)23-27-15-19-29(47)20-16-27/h15-22,25-26,31-36,42,47-49H,9-14,23-24H2,1-8H3,(H,43,50)(H,44,51)(H,54,55)/t31-,32-,33-,34?,35-,36-/m0/s1. The highest BCUT2D eigenvalue weighted by molar-refractivity contribution is 5.95. The molecule has 306 valence electrons. The van der Waals surface area contributed by atoms with Crippen LogP contribution < -0.4 is 16.0 Å². The molecule has 0 saturated heterocycles. The van der Waals surface area contributed by atoms with E-state index in [4.69, 9.17) is 0 Å². The molecule has 2 aromatic carbocycles. The Morgan fingerprint density at radius 3 is 1.69 bits per heavy atom. The van der Waals surface area contributed by atoms with Crippen LogP contribution in [-0.2, 0) is 36.8 Å². The van der Waals surface area contributed by atoms with Gasteiger partial charge in [0.1, 0.15) is 41.8 Å². The lowest BCUT2D eigenvalue weighted by molar-refractivity contribution is -0.151. The topological polar surface area (TPSA) is 209 Å². The molecule has 14 nitrogen and oxygen atoms in total. The van der Waals surface area contributed by atoms with Crippen molar-refractivity contribution in [2.24, 2.45) is 11.8 Å². The molecular weight excluding hydrogens is 706 g/mol. The quantitative estimate of drug-likeness (QED) is 0.0822. The van der Waals surface area contributed by atoms with Gasteiger partial charge in [0.15, 0.2) is 0 Å². The largest absolute Gasteiger partial charge is 0.508 e. The first-order valence-electron chi connectivity index (χ1n) is 19.2. The minimum absolute atomic E-state index is 0.00235. The maximum atomic E-state index is 14.4. The molecule has 2 rings (SSSR count). The summed E-state index contributed by atoms with van der Waals surface area (Å²) in [6.45, 7) is 9.12. The van der Waals surface area contributed by atoms with Crippen molar-refractivity contribution in [2.75, 3.05) is 21.1 Å². The Morgan fingerprint density at radius 2 is 1.22 bits per heavy atom. The van der Waals surface area contributed by atoms with Crippen LogP contribution in [0.2, 0.25) is 0 Å². The van der Waals surface area contributed by atoms with Crippen molar-refractivity contribution < 1.29 is 44.4 Å². The van der Waals surface area contributed by atoms with Gasteiger partial charge < -0.3 is 46.2 Å². The van der Waals surface area contributed by atoms with E-state index in [9.17, 15) is 44.4 Å². The van der Waals surface area contributed by atoms with Crippen LogP contribution in [0.5, 0.6) is 11.5 Å². The van der Waals surface area contributed by atoms with Crippen LogP contribution >= 0.6 is 0 Å². The number of nitrogens with zero attached hydrogens (tertiary/aromatic N) is 2. The SMILES string of the molecule is CCCCCCC[C@H](NC)[C@H](O)C(=O)NC(C(=O)N(C)[C@H](C(=O)N(C)[C@@H](Cc1ccc(O)cc1)C(=O)N[C@@H](Cc1ccc(O)cc1)C(=O)O)C(C)C)C(C)C. The van der Waals surface area contributed by atoms with E-state index in [1.54, 1.807) is 59.0 Å². The number of unbranched alkanes of at least 4 members (excludes halogenated alkanes) is 4. The summed E-state index contributed by atoms with van der Waals surface area (Å²) in [5, 5.41) is 48.8. The number of aliphatic hydroxyl groups is 1. The summed E-state index contributed by atoms with van der Waals surface area (Å²) >= 11 is 0. The van der Waals surface area contributed by atoms with Crippen LogP contribution in [0.25, 0.3) is 0 Å². The first-order chi connectivity index (χ1) is 25.9. The van der Waals surface area contributed by atoms with E-state index in [0.717, 1.165) is 32.1 Å². The van der Waals surface area contributed by atoms with Crippen LogP contribution in [0.1, 0.15) is 84.3 Å². The summed E-state index contributed by atoms with van der Waals surface area (Å²) in [6.07, 6.45) is 4.13. The Balaban J connectivity index is 2.35. The molecule has 0 aliphatic heterocycles. The number of aliphatic hydroxyl groups excluding tert-OH is 1. The number of hydrogen-bond acceptors (Lipinski definition) is 9. The highest BCUT2D eigenvalue weighted by Gasteiger charge is 2.40. The van der Waals surface area contributed by atoms with E-state index in [0.29, 0.717) is 17.5 Å². The van der Waals surface area contributed by atoms with Gasteiger partial charge in [-0.15, -0.1) is 0 Å². The third-order valence-corrected chi connectivity index (χ3v) is 9.99. The summed E-state index contributed by atoms with van der Waals surface area (Å²) in [5.41, 5.74) is 1.13. The zero-order chi connectivity index (χ0) is 41.4. The minimum Gasteiger partial charge on any atom is -0.508 e. The van der Waals surface area contributed by atoms with Gasteiger partial charge in [0.25, 0.3) is 5.91 Å². The van der Waals surface area contributed by atoms with Gasteiger partial charge in [-0.2, -0.15) is 0 Å². The minimum atomic E-state index is -1.41. The van der Waals surface area contributed by atoms with Crippen molar-refractivity contribution in [1.82, 2.24) is 25.8 Å². The van der Waals surface area contributed by atoms with Crippen LogP contribution in [0.4, 0.5) is 0 Å². The van der Waals surface area contributed by atoms with E-state index in [2.05, 4.69) is 22.9 Å². The molecule has 0 bridgehead atoms. The number of carbonyl (C=O) groups excluding carboxylic acids is 4. The maximum absolute atomic E-state index is 14.4. The molecule has 0 spiro atoms. The fourth-order valence-corrected chi connectivity index (χ4v) is 6.58.